The van der Waals surface area contributed by atoms with Crippen LogP contribution in [0.5, 0.6) is 0 Å². The van der Waals surface area contributed by atoms with Gasteiger partial charge in [-0.25, -0.2) is 0 Å². The van der Waals surface area contributed by atoms with E-state index in [4.69, 9.17) is 4.74 Å². The van der Waals surface area contributed by atoms with Gasteiger partial charge in [0, 0.05) is 25.6 Å². The lowest BCUT2D eigenvalue weighted by molar-refractivity contribution is -0.127. The van der Waals surface area contributed by atoms with Crippen LogP contribution in [-0.4, -0.2) is 50.2 Å². The highest BCUT2D eigenvalue weighted by Crippen LogP contribution is 2.23. The van der Waals surface area contributed by atoms with Crippen LogP contribution in [0.2, 0.25) is 0 Å². The molecule has 1 amide bonds. The van der Waals surface area contributed by atoms with E-state index in [1.54, 1.807) is 0 Å². The fourth-order valence-corrected chi connectivity index (χ4v) is 2.71. The number of morpholine rings is 1. The standard InChI is InChI=1S/C13H24N2O2/c1-15-7-8-17-12(10-15)9-14-13(16)11-5-3-2-4-6-11/h11-12H,2-10H2,1H3,(H,14,16). The predicted octanol–water partition coefficient (Wildman–Crippen LogP) is 1.01. The second-order valence-corrected chi connectivity index (χ2v) is 5.34. The monoisotopic (exact) mass is 240 g/mol. The van der Waals surface area contributed by atoms with Crippen molar-refractivity contribution >= 4 is 5.91 Å². The number of hydrogen-bond donors (Lipinski definition) is 1. The Hall–Kier alpha value is -0.610. The normalized spacial score (nSPS) is 27.9. The smallest absolute Gasteiger partial charge is 0.223 e. The SMILES string of the molecule is CN1CCOC(CNC(=O)C2CCCCC2)C1. The molecule has 2 aliphatic rings. The van der Waals surface area contributed by atoms with Crippen LogP contribution in [0.1, 0.15) is 32.1 Å². The first-order chi connectivity index (χ1) is 8.25. The van der Waals surface area contributed by atoms with Crippen molar-refractivity contribution in [3.8, 4) is 0 Å². The molecule has 1 saturated heterocycles. The Bertz CT molecular complexity index is 252. The van der Waals surface area contributed by atoms with Gasteiger partial charge in [0.25, 0.3) is 0 Å². The molecule has 1 unspecified atom stereocenters. The molecule has 0 radical (unpaired) electrons. The Morgan fingerprint density at radius 3 is 2.82 bits per heavy atom. The van der Waals surface area contributed by atoms with Crippen molar-refractivity contribution in [2.75, 3.05) is 33.3 Å². The zero-order valence-corrected chi connectivity index (χ0v) is 10.8. The molecule has 0 bridgehead atoms. The third kappa shape index (κ3) is 3.96. The van der Waals surface area contributed by atoms with Crippen molar-refractivity contribution in [2.45, 2.75) is 38.2 Å². The molecule has 0 aromatic rings. The van der Waals surface area contributed by atoms with E-state index >= 15 is 0 Å². The number of carbonyl (C=O) groups is 1. The molecule has 1 atom stereocenters. The Morgan fingerprint density at radius 1 is 1.35 bits per heavy atom. The maximum Gasteiger partial charge on any atom is 0.223 e. The van der Waals surface area contributed by atoms with E-state index in [1.807, 2.05) is 0 Å². The van der Waals surface area contributed by atoms with E-state index in [-0.39, 0.29) is 17.9 Å². The summed E-state index contributed by atoms with van der Waals surface area (Å²) in [6.07, 6.45) is 6.01. The summed E-state index contributed by atoms with van der Waals surface area (Å²) in [6.45, 7) is 3.36. The van der Waals surface area contributed by atoms with E-state index in [9.17, 15) is 4.79 Å². The number of likely N-dealkylation sites (N-methyl/N-ethyl adjacent to an activating group) is 1. The van der Waals surface area contributed by atoms with Crippen molar-refractivity contribution in [1.82, 2.24) is 10.2 Å². The van der Waals surface area contributed by atoms with Crippen molar-refractivity contribution in [3.63, 3.8) is 0 Å². The van der Waals surface area contributed by atoms with Gasteiger partial charge in [-0.05, 0) is 19.9 Å². The Labute approximate surface area is 104 Å². The van der Waals surface area contributed by atoms with Gasteiger partial charge in [-0.3, -0.25) is 4.79 Å². The maximum absolute atomic E-state index is 11.9. The number of rotatable bonds is 3. The molecule has 4 nitrogen and oxygen atoms in total. The largest absolute Gasteiger partial charge is 0.374 e. The Morgan fingerprint density at radius 2 is 2.12 bits per heavy atom. The van der Waals surface area contributed by atoms with Crippen LogP contribution in [0.3, 0.4) is 0 Å². The van der Waals surface area contributed by atoms with Crippen molar-refractivity contribution in [1.29, 1.82) is 0 Å². The van der Waals surface area contributed by atoms with Gasteiger partial charge in [0.1, 0.15) is 0 Å². The van der Waals surface area contributed by atoms with Gasteiger partial charge in [0.15, 0.2) is 0 Å². The van der Waals surface area contributed by atoms with E-state index in [0.717, 1.165) is 32.5 Å². The fourth-order valence-electron chi connectivity index (χ4n) is 2.71. The lowest BCUT2D eigenvalue weighted by Crippen LogP contribution is -2.47. The van der Waals surface area contributed by atoms with Gasteiger partial charge < -0.3 is 15.0 Å². The van der Waals surface area contributed by atoms with Crippen LogP contribution in [-0.2, 0) is 9.53 Å². The molecule has 2 fully saturated rings. The topological polar surface area (TPSA) is 41.6 Å². The van der Waals surface area contributed by atoms with Gasteiger partial charge in [-0.15, -0.1) is 0 Å². The first kappa shape index (κ1) is 12.8. The average Bonchev–Trinajstić information content (AvgIpc) is 2.37. The quantitative estimate of drug-likeness (QED) is 0.800. The van der Waals surface area contributed by atoms with Crippen LogP contribution in [0.25, 0.3) is 0 Å². The van der Waals surface area contributed by atoms with Crippen LogP contribution < -0.4 is 5.32 Å². The maximum atomic E-state index is 11.9. The van der Waals surface area contributed by atoms with Crippen molar-refractivity contribution < 1.29 is 9.53 Å². The second-order valence-electron chi connectivity index (χ2n) is 5.34. The molecule has 4 heteroatoms. The molecule has 1 saturated carbocycles. The number of carbonyl (C=O) groups excluding carboxylic acids is 1. The summed E-state index contributed by atoms with van der Waals surface area (Å²) < 4.78 is 5.63. The predicted molar refractivity (Wildman–Crippen MR) is 66.8 cm³/mol. The van der Waals surface area contributed by atoms with Crippen LogP contribution >= 0.6 is 0 Å². The summed E-state index contributed by atoms with van der Waals surface area (Å²) >= 11 is 0. The van der Waals surface area contributed by atoms with E-state index in [0.29, 0.717) is 6.54 Å². The average molecular weight is 240 g/mol. The molecular formula is C13H24N2O2. The van der Waals surface area contributed by atoms with Gasteiger partial charge in [0.05, 0.1) is 12.7 Å². The number of nitrogens with one attached hydrogen (secondary N) is 1. The Balaban J connectivity index is 1.68. The molecule has 0 spiro atoms. The Kier molecular flexibility index (Phi) is 4.80. The minimum absolute atomic E-state index is 0.168. The van der Waals surface area contributed by atoms with Crippen LogP contribution in [0.15, 0.2) is 0 Å². The van der Waals surface area contributed by atoms with Crippen molar-refractivity contribution in [2.24, 2.45) is 5.92 Å². The van der Waals surface area contributed by atoms with E-state index < -0.39 is 0 Å². The second kappa shape index (κ2) is 6.36. The fraction of sp³-hybridized carbons (Fsp3) is 0.923. The zero-order chi connectivity index (χ0) is 12.1. The van der Waals surface area contributed by atoms with Crippen LogP contribution in [0, 0.1) is 5.92 Å². The van der Waals surface area contributed by atoms with Crippen molar-refractivity contribution in [3.05, 3.63) is 0 Å². The summed E-state index contributed by atoms with van der Waals surface area (Å²) in [6, 6.07) is 0. The van der Waals surface area contributed by atoms with E-state index in [1.165, 1.54) is 19.3 Å². The molecular weight excluding hydrogens is 216 g/mol. The first-order valence-electron chi connectivity index (χ1n) is 6.83. The summed E-state index contributed by atoms with van der Waals surface area (Å²) in [5, 5.41) is 3.05. The third-order valence-corrected chi connectivity index (χ3v) is 3.82. The molecule has 1 aliphatic heterocycles. The number of amides is 1. The van der Waals surface area contributed by atoms with Gasteiger partial charge in [-0.1, -0.05) is 19.3 Å². The molecule has 17 heavy (non-hydrogen) atoms. The lowest BCUT2D eigenvalue weighted by Gasteiger charge is -2.30. The molecule has 0 aromatic carbocycles. The molecule has 1 N–H and O–H groups in total. The van der Waals surface area contributed by atoms with Gasteiger partial charge in [-0.2, -0.15) is 0 Å². The van der Waals surface area contributed by atoms with Crippen LogP contribution in [0.4, 0.5) is 0 Å². The minimum Gasteiger partial charge on any atom is -0.374 e. The molecule has 1 aliphatic carbocycles. The summed E-state index contributed by atoms with van der Waals surface area (Å²) in [7, 11) is 2.10. The minimum atomic E-state index is 0.168. The molecule has 1 heterocycles. The number of nitrogens with zero attached hydrogens (tertiary/aromatic N) is 1. The molecule has 98 valence electrons. The molecule has 0 aromatic heterocycles. The lowest BCUT2D eigenvalue weighted by atomic mass is 9.88. The third-order valence-electron chi connectivity index (χ3n) is 3.82. The summed E-state index contributed by atoms with van der Waals surface area (Å²) in [5.74, 6) is 0.492. The summed E-state index contributed by atoms with van der Waals surface area (Å²) in [4.78, 5) is 14.2. The number of ether oxygens (including phenoxy) is 1. The van der Waals surface area contributed by atoms with E-state index in [2.05, 4.69) is 17.3 Å². The highest BCUT2D eigenvalue weighted by molar-refractivity contribution is 5.78. The zero-order valence-electron chi connectivity index (χ0n) is 10.8. The van der Waals surface area contributed by atoms with Gasteiger partial charge >= 0.3 is 0 Å². The summed E-state index contributed by atoms with van der Waals surface area (Å²) in [5.41, 5.74) is 0. The molecule has 2 rings (SSSR count). The highest BCUT2D eigenvalue weighted by Gasteiger charge is 2.23. The highest BCUT2D eigenvalue weighted by atomic mass is 16.5. The number of hydrogen-bond acceptors (Lipinski definition) is 3. The first-order valence-corrected chi connectivity index (χ1v) is 6.83. The van der Waals surface area contributed by atoms with Gasteiger partial charge in [0.2, 0.25) is 5.91 Å².